The normalized spacial score (nSPS) is 10.6. The summed E-state index contributed by atoms with van der Waals surface area (Å²) in [6.45, 7) is 1.78. The van der Waals surface area contributed by atoms with Crippen molar-refractivity contribution >= 4 is 51.8 Å². The number of nitrogens with two attached hydrogens (primary N) is 1. The number of amides is 1. The number of thiazole rings is 1. The SMILES string of the molecule is Cc1nc(-c2ccccn2)sc1C(=O)Nc1cc(Cl)c(N)c(Cl)c1. The summed E-state index contributed by atoms with van der Waals surface area (Å²) in [5, 5.41) is 4.02. The van der Waals surface area contributed by atoms with Crippen LogP contribution in [0.4, 0.5) is 11.4 Å². The van der Waals surface area contributed by atoms with Crippen LogP contribution in [0.5, 0.6) is 0 Å². The van der Waals surface area contributed by atoms with Gasteiger partial charge >= 0.3 is 0 Å². The van der Waals surface area contributed by atoms with Crippen LogP contribution in [0.25, 0.3) is 10.7 Å². The van der Waals surface area contributed by atoms with E-state index in [1.165, 1.54) is 11.3 Å². The molecule has 0 saturated carbocycles. The van der Waals surface area contributed by atoms with E-state index < -0.39 is 0 Å². The van der Waals surface area contributed by atoms with Gasteiger partial charge in [-0.05, 0) is 31.2 Å². The molecule has 0 aliphatic carbocycles. The smallest absolute Gasteiger partial charge is 0.267 e. The van der Waals surface area contributed by atoms with Gasteiger partial charge in [0.25, 0.3) is 5.91 Å². The summed E-state index contributed by atoms with van der Waals surface area (Å²) in [4.78, 5) is 21.7. The molecule has 0 fully saturated rings. The summed E-state index contributed by atoms with van der Waals surface area (Å²) in [6, 6.07) is 8.65. The van der Waals surface area contributed by atoms with Crippen LogP contribution < -0.4 is 11.1 Å². The minimum Gasteiger partial charge on any atom is -0.396 e. The van der Waals surface area contributed by atoms with Crippen molar-refractivity contribution in [2.75, 3.05) is 11.1 Å². The second-order valence-electron chi connectivity index (χ2n) is 4.96. The number of hydrogen-bond acceptors (Lipinski definition) is 5. The number of anilines is 2. The lowest BCUT2D eigenvalue weighted by atomic mass is 10.2. The minimum absolute atomic E-state index is 0.280. The third kappa shape index (κ3) is 3.36. The van der Waals surface area contributed by atoms with Crippen molar-refractivity contribution in [1.82, 2.24) is 9.97 Å². The summed E-state index contributed by atoms with van der Waals surface area (Å²) in [6.07, 6.45) is 1.68. The number of nitrogens with zero attached hydrogens (tertiary/aromatic N) is 2. The standard InChI is InChI=1S/C16H12Cl2N4OS/c1-8-14(24-16(21-8)12-4-2-3-5-20-12)15(23)22-9-6-10(17)13(19)11(18)7-9/h2-7H,19H2,1H3,(H,22,23). The topological polar surface area (TPSA) is 80.9 Å². The van der Waals surface area contributed by atoms with Gasteiger partial charge in [0.1, 0.15) is 9.88 Å². The number of halogens is 2. The van der Waals surface area contributed by atoms with E-state index in [-0.39, 0.29) is 21.6 Å². The number of benzene rings is 1. The zero-order valence-electron chi connectivity index (χ0n) is 12.5. The first kappa shape index (κ1) is 16.7. The van der Waals surface area contributed by atoms with Gasteiger partial charge in [-0.3, -0.25) is 9.78 Å². The van der Waals surface area contributed by atoms with E-state index in [0.717, 1.165) is 5.69 Å². The van der Waals surface area contributed by atoms with Gasteiger partial charge < -0.3 is 11.1 Å². The molecule has 1 aromatic carbocycles. The van der Waals surface area contributed by atoms with Crippen molar-refractivity contribution < 1.29 is 4.79 Å². The Morgan fingerprint density at radius 1 is 1.25 bits per heavy atom. The number of aromatic nitrogens is 2. The molecule has 8 heteroatoms. The molecule has 1 amide bonds. The molecule has 0 unspecified atom stereocenters. The predicted octanol–water partition coefficient (Wildman–Crippen LogP) is 4.65. The maximum Gasteiger partial charge on any atom is 0.267 e. The molecule has 2 aromatic heterocycles. The molecule has 0 aliphatic heterocycles. The molecule has 0 aliphatic rings. The fourth-order valence-electron chi connectivity index (χ4n) is 2.05. The average Bonchev–Trinajstić information content (AvgIpc) is 2.95. The maximum absolute atomic E-state index is 12.5. The number of aryl methyl sites for hydroxylation is 1. The Hall–Kier alpha value is -2.15. The lowest BCUT2D eigenvalue weighted by Crippen LogP contribution is -2.11. The quantitative estimate of drug-likeness (QED) is 0.649. The highest BCUT2D eigenvalue weighted by atomic mass is 35.5. The lowest BCUT2D eigenvalue weighted by molar-refractivity contribution is 0.103. The van der Waals surface area contributed by atoms with Crippen LogP contribution in [0.2, 0.25) is 10.0 Å². The van der Waals surface area contributed by atoms with E-state index in [9.17, 15) is 4.79 Å². The first-order valence-electron chi connectivity index (χ1n) is 6.90. The minimum atomic E-state index is -0.288. The summed E-state index contributed by atoms with van der Waals surface area (Å²) < 4.78 is 0. The van der Waals surface area contributed by atoms with E-state index >= 15 is 0 Å². The van der Waals surface area contributed by atoms with Gasteiger partial charge in [0.15, 0.2) is 0 Å². The van der Waals surface area contributed by atoms with Gasteiger partial charge in [-0.1, -0.05) is 29.3 Å². The highest BCUT2D eigenvalue weighted by molar-refractivity contribution is 7.17. The maximum atomic E-state index is 12.5. The molecule has 24 heavy (non-hydrogen) atoms. The molecular weight excluding hydrogens is 367 g/mol. The Morgan fingerprint density at radius 2 is 1.96 bits per heavy atom. The first-order valence-corrected chi connectivity index (χ1v) is 8.47. The number of hydrogen-bond donors (Lipinski definition) is 2. The van der Waals surface area contributed by atoms with Crippen LogP contribution >= 0.6 is 34.5 Å². The van der Waals surface area contributed by atoms with Gasteiger partial charge in [0.2, 0.25) is 0 Å². The Bertz CT molecular complexity index is 889. The molecular formula is C16H12Cl2N4OS. The van der Waals surface area contributed by atoms with Crippen molar-refractivity contribution in [3.8, 4) is 10.7 Å². The van der Waals surface area contributed by atoms with Crippen LogP contribution in [-0.4, -0.2) is 15.9 Å². The molecule has 0 spiro atoms. The van der Waals surface area contributed by atoms with Gasteiger partial charge in [-0.2, -0.15) is 0 Å². The number of nitrogen functional groups attached to an aromatic ring is 1. The predicted molar refractivity (Wildman–Crippen MR) is 98.9 cm³/mol. The Morgan fingerprint density at radius 3 is 2.58 bits per heavy atom. The van der Waals surface area contributed by atoms with E-state index in [1.807, 2.05) is 18.2 Å². The molecule has 122 valence electrons. The van der Waals surface area contributed by atoms with Gasteiger partial charge in [0.05, 0.1) is 27.1 Å². The molecule has 3 aromatic rings. The van der Waals surface area contributed by atoms with Gasteiger partial charge in [0, 0.05) is 11.9 Å². The summed E-state index contributed by atoms with van der Waals surface area (Å²) >= 11 is 13.2. The fraction of sp³-hybridized carbons (Fsp3) is 0.0625. The van der Waals surface area contributed by atoms with Crippen LogP contribution in [0, 0.1) is 6.92 Å². The van der Waals surface area contributed by atoms with Crippen LogP contribution in [-0.2, 0) is 0 Å². The number of carbonyl (C=O) groups excluding carboxylic acids is 1. The summed E-state index contributed by atoms with van der Waals surface area (Å²) in [5.74, 6) is -0.288. The van der Waals surface area contributed by atoms with E-state index in [2.05, 4.69) is 15.3 Å². The Labute approximate surface area is 152 Å². The monoisotopic (exact) mass is 378 g/mol. The third-order valence-electron chi connectivity index (χ3n) is 3.22. The van der Waals surface area contributed by atoms with Gasteiger partial charge in [-0.25, -0.2) is 4.98 Å². The zero-order chi connectivity index (χ0) is 17.3. The fourth-order valence-corrected chi connectivity index (χ4v) is 3.48. The van der Waals surface area contributed by atoms with Crippen molar-refractivity contribution in [2.24, 2.45) is 0 Å². The molecule has 0 saturated heterocycles. The largest absolute Gasteiger partial charge is 0.396 e. The van der Waals surface area contributed by atoms with Crippen LogP contribution in [0.1, 0.15) is 15.4 Å². The van der Waals surface area contributed by atoms with Crippen molar-refractivity contribution in [3.05, 3.63) is 57.1 Å². The Kier molecular flexibility index (Phi) is 4.71. The molecule has 0 bridgehead atoms. The second-order valence-corrected chi connectivity index (χ2v) is 6.77. The highest BCUT2D eigenvalue weighted by Gasteiger charge is 2.17. The van der Waals surface area contributed by atoms with E-state index in [4.69, 9.17) is 28.9 Å². The number of carbonyl (C=O) groups is 1. The number of pyridine rings is 1. The van der Waals surface area contributed by atoms with E-state index in [0.29, 0.717) is 21.3 Å². The number of nitrogens with one attached hydrogen (secondary N) is 1. The lowest BCUT2D eigenvalue weighted by Gasteiger charge is -2.07. The van der Waals surface area contributed by atoms with Crippen LogP contribution in [0.15, 0.2) is 36.5 Å². The molecule has 3 rings (SSSR count). The number of rotatable bonds is 3. The molecule has 3 N–H and O–H groups in total. The summed E-state index contributed by atoms with van der Waals surface area (Å²) in [7, 11) is 0. The Balaban J connectivity index is 1.87. The van der Waals surface area contributed by atoms with Crippen molar-refractivity contribution in [3.63, 3.8) is 0 Å². The first-order chi connectivity index (χ1) is 11.5. The molecule has 0 atom stereocenters. The zero-order valence-corrected chi connectivity index (χ0v) is 14.8. The van der Waals surface area contributed by atoms with Gasteiger partial charge in [-0.15, -0.1) is 11.3 Å². The second kappa shape index (κ2) is 6.76. The summed E-state index contributed by atoms with van der Waals surface area (Å²) in [5.41, 5.74) is 7.80. The molecule has 2 heterocycles. The average molecular weight is 379 g/mol. The third-order valence-corrected chi connectivity index (χ3v) is 5.03. The molecule has 5 nitrogen and oxygen atoms in total. The van der Waals surface area contributed by atoms with Crippen LogP contribution in [0.3, 0.4) is 0 Å². The van der Waals surface area contributed by atoms with Crippen molar-refractivity contribution in [2.45, 2.75) is 6.92 Å². The highest BCUT2D eigenvalue weighted by Crippen LogP contribution is 2.32. The van der Waals surface area contributed by atoms with Crippen molar-refractivity contribution in [1.29, 1.82) is 0 Å². The molecule has 0 radical (unpaired) electrons. The van der Waals surface area contributed by atoms with E-state index in [1.54, 1.807) is 25.3 Å².